The van der Waals surface area contributed by atoms with Crippen molar-refractivity contribution in [3.63, 3.8) is 0 Å². The topological polar surface area (TPSA) is 18.0 Å². The summed E-state index contributed by atoms with van der Waals surface area (Å²) in [5.74, 6) is 0. The van der Waals surface area contributed by atoms with E-state index in [-0.39, 0.29) is 17.5 Å². The van der Waals surface area contributed by atoms with Crippen LogP contribution in [0.2, 0.25) is 0 Å². The fourth-order valence-corrected chi connectivity index (χ4v) is 14.8. The lowest BCUT2D eigenvalue weighted by molar-refractivity contribution is 0.590. The Morgan fingerprint density at radius 2 is 1.01 bits per heavy atom. The minimum atomic E-state index is -0.0200. The lowest BCUT2D eigenvalue weighted by Crippen LogP contribution is -2.59. The van der Waals surface area contributed by atoms with E-state index in [9.17, 15) is 0 Å². The second kappa shape index (κ2) is 15.5. The summed E-state index contributed by atoms with van der Waals surface area (Å²) in [6, 6.07) is 80.5. The van der Waals surface area contributed by atoms with Crippen LogP contribution in [0.1, 0.15) is 52.7 Å². The highest BCUT2D eigenvalue weighted by Crippen LogP contribution is 2.50. The average molecular weight is 993 g/mol. The second-order valence-electron chi connectivity index (χ2n) is 23.3. The molecule has 0 N–H and O–H groups in total. The van der Waals surface area contributed by atoms with E-state index in [1.165, 1.54) is 131 Å². The van der Waals surface area contributed by atoms with Crippen LogP contribution in [-0.4, -0.2) is 20.4 Å². The number of anilines is 3. The van der Waals surface area contributed by atoms with Gasteiger partial charge in [0.25, 0.3) is 6.71 Å². The van der Waals surface area contributed by atoms with E-state index < -0.39 is 0 Å². The number of hydrogen-bond acceptors (Lipinski definition) is 2. The Morgan fingerprint density at radius 3 is 1.78 bits per heavy atom. The van der Waals surface area contributed by atoms with Crippen LogP contribution in [0.3, 0.4) is 0 Å². The Hall–Kier alpha value is -8.58. The molecule has 2 aliphatic heterocycles. The molecule has 0 atom stereocenters. The van der Waals surface area contributed by atoms with E-state index in [2.05, 4.69) is 272 Å². The first-order valence-electron chi connectivity index (χ1n) is 26.8. The van der Waals surface area contributed by atoms with Gasteiger partial charge in [-0.1, -0.05) is 187 Å². The Balaban J connectivity index is 1.09. The van der Waals surface area contributed by atoms with E-state index in [0.717, 1.165) is 17.1 Å². The van der Waals surface area contributed by atoms with Crippen LogP contribution in [0.5, 0.6) is 0 Å². The van der Waals surface area contributed by atoms with Gasteiger partial charge in [0, 0.05) is 75.4 Å². The third-order valence-corrected chi connectivity index (χ3v) is 18.1. The highest BCUT2D eigenvalue weighted by Gasteiger charge is 2.45. The Bertz CT molecular complexity index is 4770. The molecule has 4 nitrogen and oxygen atoms in total. The van der Waals surface area contributed by atoms with Gasteiger partial charge in [-0.05, 0) is 111 Å². The molecule has 0 saturated heterocycles. The van der Waals surface area contributed by atoms with Crippen molar-refractivity contribution in [3.8, 4) is 28.2 Å². The smallest absolute Gasteiger partial charge is 0.264 e. The zero-order valence-corrected chi connectivity index (χ0v) is 44.3. The molecule has 4 aromatic heterocycles. The van der Waals surface area contributed by atoms with Crippen molar-refractivity contribution in [1.82, 2.24) is 13.7 Å². The lowest BCUT2D eigenvalue weighted by atomic mass is 9.36. The molecule has 2 aliphatic rings. The predicted octanol–water partition coefficient (Wildman–Crippen LogP) is 17.1. The van der Waals surface area contributed by atoms with E-state index in [1.807, 2.05) is 11.3 Å². The minimum absolute atomic E-state index is 0.000196. The lowest BCUT2D eigenvalue weighted by Gasteiger charge is -2.39. The number of aromatic nitrogens is 3. The zero-order valence-electron chi connectivity index (χ0n) is 43.5. The molecule has 362 valence electrons. The van der Waals surface area contributed by atoms with Crippen molar-refractivity contribution in [2.45, 2.75) is 52.4 Å². The van der Waals surface area contributed by atoms with Gasteiger partial charge in [-0.2, -0.15) is 0 Å². The Morgan fingerprint density at radius 1 is 0.395 bits per heavy atom. The summed E-state index contributed by atoms with van der Waals surface area (Å²) < 4.78 is 10.4. The fraction of sp³-hybridized carbons (Fsp3) is 0.114. The number of fused-ring (bicyclic) bond motifs is 16. The molecule has 16 rings (SSSR count). The summed E-state index contributed by atoms with van der Waals surface area (Å²) in [7, 11) is 0. The van der Waals surface area contributed by atoms with Gasteiger partial charge in [-0.15, -0.1) is 11.3 Å². The molecule has 0 spiro atoms. The Kier molecular flexibility index (Phi) is 8.93. The number of rotatable bonds is 4. The van der Waals surface area contributed by atoms with Gasteiger partial charge in [0.1, 0.15) is 0 Å². The molecule has 0 aliphatic carbocycles. The number of para-hydroxylation sites is 4. The first-order valence-corrected chi connectivity index (χ1v) is 27.6. The summed E-state index contributed by atoms with van der Waals surface area (Å²) in [6.45, 7) is 13.9. The van der Waals surface area contributed by atoms with Crippen molar-refractivity contribution in [1.29, 1.82) is 0 Å². The molecular weight excluding hydrogens is 940 g/mol. The minimum Gasteiger partial charge on any atom is -0.310 e. The van der Waals surface area contributed by atoms with Crippen LogP contribution < -0.4 is 20.6 Å². The highest BCUT2D eigenvalue weighted by molar-refractivity contribution is 7.33. The maximum atomic E-state index is 2.66. The monoisotopic (exact) mass is 992 g/mol. The first-order chi connectivity index (χ1) is 37.0. The number of nitrogens with zero attached hydrogens (tertiary/aromatic N) is 4. The maximum absolute atomic E-state index is 2.66. The molecule has 6 heterocycles. The molecule has 0 saturated carbocycles. The van der Waals surface area contributed by atoms with Crippen LogP contribution in [0.15, 0.2) is 212 Å². The van der Waals surface area contributed by atoms with Crippen molar-refractivity contribution < 1.29 is 0 Å². The second-order valence-corrected chi connectivity index (χ2v) is 24.4. The Labute approximate surface area is 446 Å². The van der Waals surface area contributed by atoms with E-state index in [1.54, 1.807) is 0 Å². The molecule has 0 fully saturated rings. The molecular formula is C70H53BN4S. The molecule has 6 heteroatoms. The van der Waals surface area contributed by atoms with E-state index >= 15 is 0 Å². The molecule has 0 bridgehead atoms. The van der Waals surface area contributed by atoms with Crippen molar-refractivity contribution in [2.75, 3.05) is 4.90 Å². The van der Waals surface area contributed by atoms with Crippen LogP contribution in [0, 0.1) is 0 Å². The maximum Gasteiger partial charge on any atom is 0.264 e. The largest absolute Gasteiger partial charge is 0.310 e. The molecule has 0 amide bonds. The van der Waals surface area contributed by atoms with Crippen molar-refractivity contribution in [2.24, 2.45) is 0 Å². The molecule has 10 aromatic carbocycles. The van der Waals surface area contributed by atoms with Crippen LogP contribution in [0.25, 0.3) is 104 Å². The normalized spacial score (nSPS) is 13.3. The van der Waals surface area contributed by atoms with Gasteiger partial charge in [-0.25, -0.2) is 0 Å². The summed E-state index contributed by atoms with van der Waals surface area (Å²) in [5, 5.41) is 8.87. The summed E-state index contributed by atoms with van der Waals surface area (Å²) in [4.78, 5) is 2.64. The summed E-state index contributed by atoms with van der Waals surface area (Å²) in [6.07, 6.45) is 0. The quantitative estimate of drug-likeness (QED) is 0.161. The van der Waals surface area contributed by atoms with Crippen LogP contribution in [0.4, 0.5) is 17.1 Å². The summed E-state index contributed by atoms with van der Waals surface area (Å²) >= 11 is 1.99. The van der Waals surface area contributed by atoms with E-state index in [0.29, 0.717) is 0 Å². The third kappa shape index (κ3) is 5.96. The van der Waals surface area contributed by atoms with Gasteiger partial charge in [-0.3, -0.25) is 0 Å². The highest BCUT2D eigenvalue weighted by atomic mass is 32.1. The van der Waals surface area contributed by atoms with Gasteiger partial charge < -0.3 is 18.6 Å². The van der Waals surface area contributed by atoms with Gasteiger partial charge in [0.15, 0.2) is 0 Å². The standard InChI is InChI=1S/C70H53BN4S/c1-69(2,3)43-31-34-46(35-32-43)74-59-40-47(72-56-29-16-14-24-51(56)62-48(25-18-30-57(62)72)42-19-9-7-10-20-42)41-60-64(59)71(68-67(74)52-36-33-44(70(4,5)6)39-61(52)76-68)54-27-17-26-53-63-58(75(60)65(53)54)38-37-50-49-23-13-15-28-55(49)73(66(50)63)45-21-11-8-12-22-45/h7-41H,1-6H3. The van der Waals surface area contributed by atoms with Gasteiger partial charge in [0.05, 0.1) is 39.0 Å². The fourth-order valence-electron chi connectivity index (χ4n) is 13.4. The molecule has 14 aromatic rings. The van der Waals surface area contributed by atoms with Crippen LogP contribution in [-0.2, 0) is 10.8 Å². The van der Waals surface area contributed by atoms with Crippen molar-refractivity contribution >= 4 is 126 Å². The van der Waals surface area contributed by atoms with Crippen molar-refractivity contribution in [3.05, 3.63) is 223 Å². The molecule has 0 radical (unpaired) electrons. The molecule has 76 heavy (non-hydrogen) atoms. The number of benzene rings is 10. The third-order valence-electron chi connectivity index (χ3n) is 16.9. The summed E-state index contributed by atoms with van der Waals surface area (Å²) in [5.41, 5.74) is 22.3. The number of thiophene rings is 1. The number of hydrogen-bond donors (Lipinski definition) is 0. The van der Waals surface area contributed by atoms with Gasteiger partial charge in [0.2, 0.25) is 0 Å². The predicted molar refractivity (Wildman–Crippen MR) is 327 cm³/mol. The van der Waals surface area contributed by atoms with E-state index in [4.69, 9.17) is 0 Å². The SMILES string of the molecule is CC(C)(C)c1ccc(N2c3cc(-n4c5ccccc5c5c(-c6ccccc6)cccc54)cc4c3B(c3sc5cc(C(C)(C)C)ccc5c32)c2cccc3c5c(ccc6c7ccccc7n(-c7ccccc7)c65)n-4c23)cc1. The molecule has 0 unspecified atom stereocenters. The van der Waals surface area contributed by atoms with Gasteiger partial charge >= 0.3 is 0 Å². The zero-order chi connectivity index (χ0) is 50.9. The first kappa shape index (κ1) is 43.8. The average Bonchev–Trinajstić information content (AvgIpc) is 4.36. The van der Waals surface area contributed by atoms with Crippen LogP contribution >= 0.6 is 11.3 Å².